The third kappa shape index (κ3) is 2.64. The first-order valence-corrected chi connectivity index (χ1v) is 10.2. The summed E-state index contributed by atoms with van der Waals surface area (Å²) in [6, 6.07) is 31.4. The van der Waals surface area contributed by atoms with Gasteiger partial charge in [0.15, 0.2) is 7.14 Å². The number of methoxy groups -OCH3 is 1. The number of fused-ring (bicyclic) bond motifs is 1. The second-order valence-electron chi connectivity index (χ2n) is 6.11. The molecule has 4 aromatic rings. The van der Waals surface area contributed by atoms with Crippen LogP contribution in [0.1, 0.15) is 0 Å². The summed E-state index contributed by atoms with van der Waals surface area (Å²) < 4.78 is 20.3. The van der Waals surface area contributed by atoms with Gasteiger partial charge in [0.1, 0.15) is 5.75 Å². The third-order valence-corrected chi connectivity index (χ3v) is 7.79. The summed E-state index contributed by atoms with van der Waals surface area (Å²) in [6.07, 6.45) is 0. The van der Waals surface area contributed by atoms with E-state index in [2.05, 4.69) is 12.1 Å². The molecule has 0 fully saturated rings. The first-order chi connectivity index (χ1) is 12.7. The van der Waals surface area contributed by atoms with Crippen molar-refractivity contribution in [1.29, 1.82) is 0 Å². The number of rotatable bonds is 4. The highest BCUT2D eigenvalue weighted by atomic mass is 31.2. The summed E-state index contributed by atoms with van der Waals surface area (Å²) in [7, 11) is -1.48. The van der Waals surface area contributed by atoms with Crippen LogP contribution < -0.4 is 20.7 Å². The molecule has 4 rings (SSSR count). The first-order valence-electron chi connectivity index (χ1n) is 8.53. The molecular weight excluding hydrogens is 339 g/mol. The summed E-state index contributed by atoms with van der Waals surface area (Å²) >= 11 is 0. The van der Waals surface area contributed by atoms with Gasteiger partial charge in [0, 0.05) is 10.6 Å². The van der Waals surface area contributed by atoms with E-state index in [9.17, 15) is 4.57 Å². The van der Waals surface area contributed by atoms with Gasteiger partial charge in [-0.3, -0.25) is 0 Å². The van der Waals surface area contributed by atoms with Gasteiger partial charge in [-0.15, -0.1) is 0 Å². The zero-order valence-corrected chi connectivity index (χ0v) is 15.4. The van der Waals surface area contributed by atoms with E-state index in [1.165, 1.54) is 0 Å². The van der Waals surface area contributed by atoms with Crippen LogP contribution in [0.4, 0.5) is 0 Å². The van der Waals surface area contributed by atoms with E-state index in [1.54, 1.807) is 7.11 Å². The molecule has 128 valence electrons. The molecule has 0 aliphatic heterocycles. The van der Waals surface area contributed by atoms with Crippen molar-refractivity contribution in [2.45, 2.75) is 0 Å². The number of hydrogen-bond donors (Lipinski definition) is 0. The molecule has 0 radical (unpaired) electrons. The Hall–Kier alpha value is -2.83. The Bertz CT molecular complexity index is 1100. The number of para-hydroxylation sites is 1. The molecular formula is C23H19O2P. The highest BCUT2D eigenvalue weighted by Crippen LogP contribution is 2.46. The predicted molar refractivity (Wildman–Crippen MR) is 110 cm³/mol. The maximum atomic E-state index is 14.7. The van der Waals surface area contributed by atoms with Crippen LogP contribution >= 0.6 is 7.14 Å². The Morgan fingerprint density at radius 3 is 2.08 bits per heavy atom. The normalized spacial score (nSPS) is 13.3. The van der Waals surface area contributed by atoms with Gasteiger partial charge in [0.2, 0.25) is 0 Å². The average molecular weight is 358 g/mol. The fourth-order valence-corrected chi connectivity index (χ4v) is 6.44. The molecule has 0 spiro atoms. The molecule has 1 atom stereocenters. The molecule has 0 heterocycles. The van der Waals surface area contributed by atoms with Crippen molar-refractivity contribution in [3.63, 3.8) is 0 Å². The van der Waals surface area contributed by atoms with E-state index >= 15 is 0 Å². The highest BCUT2D eigenvalue weighted by Gasteiger charge is 2.33. The number of benzene rings is 4. The van der Waals surface area contributed by atoms with Gasteiger partial charge in [-0.05, 0) is 22.9 Å². The van der Waals surface area contributed by atoms with Gasteiger partial charge in [0.25, 0.3) is 0 Å². The van der Waals surface area contributed by atoms with Crippen molar-refractivity contribution in [2.75, 3.05) is 7.11 Å². The zero-order valence-electron chi connectivity index (χ0n) is 14.5. The van der Waals surface area contributed by atoms with Gasteiger partial charge < -0.3 is 9.30 Å². The topological polar surface area (TPSA) is 26.3 Å². The Balaban J connectivity index is 2.12. The van der Waals surface area contributed by atoms with Crippen LogP contribution in [0.2, 0.25) is 0 Å². The highest BCUT2D eigenvalue weighted by molar-refractivity contribution is 7.85. The first kappa shape index (κ1) is 16.6. The second kappa shape index (κ2) is 6.82. The monoisotopic (exact) mass is 358 g/mol. The van der Waals surface area contributed by atoms with Gasteiger partial charge in [-0.25, -0.2) is 0 Å². The molecule has 4 aromatic carbocycles. The summed E-state index contributed by atoms with van der Waals surface area (Å²) in [5.41, 5.74) is 0. The minimum atomic E-state index is -3.10. The molecule has 2 nitrogen and oxygen atoms in total. The minimum Gasteiger partial charge on any atom is -0.496 e. The van der Waals surface area contributed by atoms with Crippen LogP contribution in [0.15, 0.2) is 97.1 Å². The fraction of sp³-hybridized carbons (Fsp3) is 0.0435. The zero-order chi connectivity index (χ0) is 18.0. The van der Waals surface area contributed by atoms with E-state index < -0.39 is 7.14 Å². The van der Waals surface area contributed by atoms with Crippen LogP contribution in [0.3, 0.4) is 0 Å². The standard InChI is InChI=1S/C23H19O2P/c1-25-21-15-7-8-16-23(21)26(24,19-12-3-2-4-13-19)22-17-9-11-18-10-5-6-14-20(18)22/h2-17H,1H3/t26-/m0/s1. The Labute approximate surface area is 153 Å². The van der Waals surface area contributed by atoms with Crippen molar-refractivity contribution in [3.05, 3.63) is 97.1 Å². The van der Waals surface area contributed by atoms with Crippen LogP contribution in [0.25, 0.3) is 10.8 Å². The number of ether oxygens (including phenoxy) is 1. The molecule has 0 N–H and O–H groups in total. The smallest absolute Gasteiger partial charge is 0.175 e. The lowest BCUT2D eigenvalue weighted by Crippen LogP contribution is -2.26. The van der Waals surface area contributed by atoms with Crippen molar-refractivity contribution < 1.29 is 9.30 Å². The van der Waals surface area contributed by atoms with E-state index in [0.717, 1.165) is 26.7 Å². The van der Waals surface area contributed by atoms with Crippen molar-refractivity contribution in [1.82, 2.24) is 0 Å². The van der Waals surface area contributed by atoms with Crippen molar-refractivity contribution in [2.24, 2.45) is 0 Å². The van der Waals surface area contributed by atoms with Crippen molar-refractivity contribution >= 4 is 33.8 Å². The number of hydrogen-bond acceptors (Lipinski definition) is 2. The minimum absolute atomic E-state index is 0.646. The van der Waals surface area contributed by atoms with E-state index in [4.69, 9.17) is 4.74 Å². The molecule has 26 heavy (non-hydrogen) atoms. The van der Waals surface area contributed by atoms with E-state index in [0.29, 0.717) is 5.75 Å². The van der Waals surface area contributed by atoms with Gasteiger partial charge in [-0.2, -0.15) is 0 Å². The molecule has 0 aliphatic rings. The summed E-state index contributed by atoms with van der Waals surface area (Å²) in [5, 5.41) is 4.46. The lowest BCUT2D eigenvalue weighted by Gasteiger charge is -2.23. The molecule has 0 aliphatic carbocycles. The lowest BCUT2D eigenvalue weighted by molar-refractivity contribution is 0.418. The Kier molecular flexibility index (Phi) is 4.36. The quantitative estimate of drug-likeness (QED) is 0.503. The molecule has 3 heteroatoms. The van der Waals surface area contributed by atoms with Gasteiger partial charge in [-0.1, -0.05) is 84.9 Å². The molecule has 0 saturated heterocycles. The van der Waals surface area contributed by atoms with Crippen LogP contribution in [-0.4, -0.2) is 7.11 Å². The van der Waals surface area contributed by atoms with E-state index in [-0.39, 0.29) is 0 Å². The Morgan fingerprint density at radius 1 is 0.654 bits per heavy atom. The van der Waals surface area contributed by atoms with Gasteiger partial charge >= 0.3 is 0 Å². The molecule has 0 bridgehead atoms. The van der Waals surface area contributed by atoms with Crippen LogP contribution in [-0.2, 0) is 4.57 Å². The SMILES string of the molecule is COc1ccccc1[P@](=O)(c1ccccc1)c1cccc2ccccc12. The fourth-order valence-electron chi connectivity index (χ4n) is 3.42. The molecule has 0 amide bonds. The molecule has 0 unspecified atom stereocenters. The van der Waals surface area contributed by atoms with Gasteiger partial charge in [0.05, 0.1) is 12.4 Å². The summed E-state index contributed by atoms with van der Waals surface area (Å²) in [6.45, 7) is 0. The Morgan fingerprint density at radius 2 is 1.27 bits per heavy atom. The van der Waals surface area contributed by atoms with Crippen LogP contribution in [0, 0.1) is 0 Å². The summed E-state index contributed by atoms with van der Waals surface area (Å²) in [4.78, 5) is 0. The summed E-state index contributed by atoms with van der Waals surface area (Å²) in [5.74, 6) is 0.646. The average Bonchev–Trinajstić information content (AvgIpc) is 2.73. The maximum Gasteiger partial charge on any atom is 0.175 e. The largest absolute Gasteiger partial charge is 0.496 e. The third-order valence-electron chi connectivity index (χ3n) is 4.65. The molecule has 0 aromatic heterocycles. The van der Waals surface area contributed by atoms with Crippen molar-refractivity contribution in [3.8, 4) is 5.75 Å². The predicted octanol–water partition coefficient (Wildman–Crippen LogP) is 4.49. The second-order valence-corrected chi connectivity index (χ2v) is 8.81. The lowest BCUT2D eigenvalue weighted by atomic mass is 10.1. The maximum absolute atomic E-state index is 14.7. The molecule has 0 saturated carbocycles. The van der Waals surface area contributed by atoms with E-state index in [1.807, 2.05) is 84.9 Å². The van der Waals surface area contributed by atoms with Crippen LogP contribution in [0.5, 0.6) is 5.75 Å².